The number of benzene rings is 2. The molecular weight excluding hydrogens is 299 g/mol. The number of ether oxygens (including phenoxy) is 1. The molecule has 0 saturated heterocycles. The predicted molar refractivity (Wildman–Crippen MR) is 73.3 cm³/mol. The van der Waals surface area contributed by atoms with Crippen molar-refractivity contribution >= 4 is 11.8 Å². The lowest BCUT2D eigenvalue weighted by atomic mass is 10.1. The Morgan fingerprint density at radius 3 is 2.48 bits per heavy atom. The first-order chi connectivity index (χ1) is 9.95. The zero-order chi connectivity index (χ0) is 15.5. The lowest BCUT2D eigenvalue weighted by molar-refractivity contribution is -0.137. The quantitative estimate of drug-likeness (QED) is 0.821. The lowest BCUT2D eigenvalue weighted by Gasteiger charge is -2.11. The SMILES string of the molecule is COc1ccccc1Sc1ccc(C(F)(F)F)c(C#N)c1. The van der Waals surface area contributed by atoms with Gasteiger partial charge in [-0.05, 0) is 30.3 Å². The smallest absolute Gasteiger partial charge is 0.417 e. The average Bonchev–Trinajstić information content (AvgIpc) is 2.46. The minimum atomic E-state index is -4.53. The Morgan fingerprint density at radius 1 is 1.14 bits per heavy atom. The minimum absolute atomic E-state index is 0.387. The van der Waals surface area contributed by atoms with Crippen molar-refractivity contribution < 1.29 is 17.9 Å². The summed E-state index contributed by atoms with van der Waals surface area (Å²) in [5.74, 6) is 0.626. The molecule has 0 atom stereocenters. The summed E-state index contributed by atoms with van der Waals surface area (Å²) in [7, 11) is 1.52. The molecule has 0 bridgehead atoms. The van der Waals surface area contributed by atoms with Gasteiger partial charge in [0.05, 0.1) is 29.2 Å². The monoisotopic (exact) mass is 309 g/mol. The number of methoxy groups -OCH3 is 1. The highest BCUT2D eigenvalue weighted by Crippen LogP contribution is 2.38. The van der Waals surface area contributed by atoms with Gasteiger partial charge in [-0.25, -0.2) is 0 Å². The molecule has 0 unspecified atom stereocenters. The molecule has 0 heterocycles. The van der Waals surface area contributed by atoms with Crippen LogP contribution in [-0.4, -0.2) is 7.11 Å². The highest BCUT2D eigenvalue weighted by atomic mass is 32.2. The van der Waals surface area contributed by atoms with Gasteiger partial charge in [0, 0.05) is 4.90 Å². The normalized spacial score (nSPS) is 11.0. The molecule has 108 valence electrons. The maximum atomic E-state index is 12.7. The summed E-state index contributed by atoms with van der Waals surface area (Å²) in [6.07, 6.45) is -4.53. The van der Waals surface area contributed by atoms with Crippen molar-refractivity contribution in [3.8, 4) is 11.8 Å². The summed E-state index contributed by atoms with van der Waals surface area (Å²) in [6.45, 7) is 0. The van der Waals surface area contributed by atoms with Crippen molar-refractivity contribution in [2.75, 3.05) is 7.11 Å². The Bertz CT molecular complexity index is 692. The molecule has 0 N–H and O–H groups in total. The van der Waals surface area contributed by atoms with Gasteiger partial charge < -0.3 is 4.74 Å². The first-order valence-electron chi connectivity index (χ1n) is 5.88. The molecular formula is C15H10F3NOS. The second kappa shape index (κ2) is 6.10. The van der Waals surface area contributed by atoms with Crippen molar-refractivity contribution in [3.05, 3.63) is 53.6 Å². The van der Waals surface area contributed by atoms with Crippen molar-refractivity contribution in [1.82, 2.24) is 0 Å². The zero-order valence-corrected chi connectivity index (χ0v) is 11.8. The highest BCUT2D eigenvalue weighted by Gasteiger charge is 2.33. The zero-order valence-electron chi connectivity index (χ0n) is 10.9. The third-order valence-electron chi connectivity index (χ3n) is 2.71. The number of halogens is 3. The van der Waals surface area contributed by atoms with Crippen LogP contribution in [0.4, 0.5) is 13.2 Å². The summed E-state index contributed by atoms with van der Waals surface area (Å²) in [6, 6.07) is 12.3. The molecule has 0 amide bonds. The standard InChI is InChI=1S/C15H10F3NOS/c1-20-13-4-2-3-5-14(13)21-11-6-7-12(15(16,17)18)10(8-11)9-19/h2-8H,1H3. The molecule has 21 heavy (non-hydrogen) atoms. The summed E-state index contributed by atoms with van der Waals surface area (Å²) in [4.78, 5) is 1.31. The molecule has 2 nitrogen and oxygen atoms in total. The fourth-order valence-corrected chi connectivity index (χ4v) is 2.72. The van der Waals surface area contributed by atoms with E-state index in [4.69, 9.17) is 10.00 Å². The van der Waals surface area contributed by atoms with Gasteiger partial charge in [-0.1, -0.05) is 23.9 Å². The van der Waals surface area contributed by atoms with E-state index in [1.54, 1.807) is 30.3 Å². The second-order valence-corrected chi connectivity index (χ2v) is 5.19. The summed E-state index contributed by atoms with van der Waals surface area (Å²) in [5, 5.41) is 8.89. The van der Waals surface area contributed by atoms with Crippen molar-refractivity contribution in [1.29, 1.82) is 5.26 Å². The van der Waals surface area contributed by atoms with Gasteiger partial charge in [0.2, 0.25) is 0 Å². The van der Waals surface area contributed by atoms with E-state index in [2.05, 4.69) is 0 Å². The molecule has 0 aliphatic carbocycles. The fourth-order valence-electron chi connectivity index (χ4n) is 1.76. The molecule has 0 fully saturated rings. The van der Waals surface area contributed by atoms with Crippen LogP contribution in [0.1, 0.15) is 11.1 Å². The van der Waals surface area contributed by atoms with Crippen LogP contribution < -0.4 is 4.74 Å². The van der Waals surface area contributed by atoms with E-state index in [9.17, 15) is 13.2 Å². The number of rotatable bonds is 3. The Labute approximate surface area is 124 Å². The predicted octanol–water partition coefficient (Wildman–Crippen LogP) is 4.74. The van der Waals surface area contributed by atoms with Gasteiger partial charge in [0.15, 0.2) is 0 Å². The third kappa shape index (κ3) is 3.50. The van der Waals surface area contributed by atoms with E-state index in [1.165, 1.54) is 31.0 Å². The van der Waals surface area contributed by atoms with Crippen LogP contribution in [0.3, 0.4) is 0 Å². The summed E-state index contributed by atoms with van der Waals surface area (Å²) in [5.41, 5.74) is -1.31. The molecule has 0 aromatic heterocycles. The van der Waals surface area contributed by atoms with Crippen LogP contribution in [0, 0.1) is 11.3 Å². The number of hydrogen-bond donors (Lipinski definition) is 0. The van der Waals surface area contributed by atoms with Gasteiger partial charge in [-0.3, -0.25) is 0 Å². The summed E-state index contributed by atoms with van der Waals surface area (Å²) < 4.78 is 43.4. The van der Waals surface area contributed by atoms with Gasteiger partial charge >= 0.3 is 6.18 Å². The molecule has 0 aliphatic heterocycles. The molecule has 2 rings (SSSR count). The van der Waals surface area contributed by atoms with E-state index < -0.39 is 11.7 Å². The van der Waals surface area contributed by atoms with Crippen molar-refractivity contribution in [2.45, 2.75) is 16.0 Å². The van der Waals surface area contributed by atoms with Crippen LogP contribution >= 0.6 is 11.8 Å². The van der Waals surface area contributed by atoms with Crippen LogP contribution in [0.5, 0.6) is 5.75 Å². The fraction of sp³-hybridized carbons (Fsp3) is 0.133. The molecule has 0 aliphatic rings. The maximum Gasteiger partial charge on any atom is 0.417 e. The molecule has 0 radical (unpaired) electrons. The lowest BCUT2D eigenvalue weighted by Crippen LogP contribution is -2.07. The average molecular weight is 309 g/mol. The van der Waals surface area contributed by atoms with Crippen LogP contribution in [0.25, 0.3) is 0 Å². The van der Waals surface area contributed by atoms with Gasteiger partial charge in [0.25, 0.3) is 0 Å². The van der Waals surface area contributed by atoms with E-state index in [-0.39, 0.29) is 5.56 Å². The number of para-hydroxylation sites is 1. The van der Waals surface area contributed by atoms with Crippen molar-refractivity contribution in [3.63, 3.8) is 0 Å². The largest absolute Gasteiger partial charge is 0.496 e. The topological polar surface area (TPSA) is 33.0 Å². The van der Waals surface area contributed by atoms with Crippen molar-refractivity contribution in [2.24, 2.45) is 0 Å². The number of alkyl halides is 3. The first kappa shape index (κ1) is 15.3. The van der Waals surface area contributed by atoms with E-state index in [0.717, 1.165) is 11.0 Å². The highest BCUT2D eigenvalue weighted by molar-refractivity contribution is 7.99. The number of hydrogen-bond acceptors (Lipinski definition) is 3. The molecule has 2 aromatic rings. The molecule has 6 heteroatoms. The summed E-state index contributed by atoms with van der Waals surface area (Å²) >= 11 is 1.24. The van der Waals surface area contributed by atoms with E-state index in [1.807, 2.05) is 0 Å². The molecule has 0 saturated carbocycles. The Hall–Kier alpha value is -2.13. The number of nitriles is 1. The van der Waals surface area contributed by atoms with Crippen LogP contribution in [-0.2, 0) is 6.18 Å². The maximum absolute atomic E-state index is 12.7. The van der Waals surface area contributed by atoms with E-state index in [0.29, 0.717) is 10.6 Å². The first-order valence-corrected chi connectivity index (χ1v) is 6.69. The molecule has 0 spiro atoms. The molecule has 2 aromatic carbocycles. The van der Waals surface area contributed by atoms with Gasteiger partial charge in [0.1, 0.15) is 5.75 Å². The Kier molecular flexibility index (Phi) is 4.43. The van der Waals surface area contributed by atoms with Gasteiger partial charge in [-0.2, -0.15) is 18.4 Å². The van der Waals surface area contributed by atoms with Gasteiger partial charge in [-0.15, -0.1) is 0 Å². The Morgan fingerprint density at radius 2 is 1.86 bits per heavy atom. The van der Waals surface area contributed by atoms with Crippen LogP contribution in [0.2, 0.25) is 0 Å². The van der Waals surface area contributed by atoms with E-state index >= 15 is 0 Å². The second-order valence-electron chi connectivity index (χ2n) is 4.07. The Balaban J connectivity index is 2.37. The minimum Gasteiger partial charge on any atom is -0.496 e. The number of nitrogens with zero attached hydrogens (tertiary/aromatic N) is 1. The third-order valence-corrected chi connectivity index (χ3v) is 3.76. The van der Waals surface area contributed by atoms with Crippen LogP contribution in [0.15, 0.2) is 52.3 Å².